The van der Waals surface area contributed by atoms with Crippen LogP contribution in [0.25, 0.3) is 110 Å². The topological polar surface area (TPSA) is 36.8 Å². The van der Waals surface area contributed by atoms with Gasteiger partial charge in [-0.05, 0) is 121 Å². The maximum Gasteiger partial charge on any atom is 0.0849 e. The van der Waals surface area contributed by atoms with Crippen LogP contribution in [0.2, 0.25) is 0 Å². The molecule has 10 aromatic carbocycles. The van der Waals surface area contributed by atoms with Crippen LogP contribution in [0.1, 0.15) is 0 Å². The molecule has 0 aliphatic rings. The van der Waals surface area contributed by atoms with Crippen LogP contribution >= 0.6 is 0 Å². The Balaban J connectivity index is 0.804. The van der Waals surface area contributed by atoms with Crippen LogP contribution in [-0.2, 0) is 10.8 Å². The van der Waals surface area contributed by atoms with E-state index >= 15 is 0 Å². The Morgan fingerprint density at radius 2 is 0.455 bits per heavy atom. The molecule has 0 unspecified atom stereocenters. The maximum atomic E-state index is 14.3. The lowest BCUT2D eigenvalue weighted by Gasteiger charge is -2.12. The van der Waals surface area contributed by atoms with E-state index in [2.05, 4.69) is 225 Å². The summed E-state index contributed by atoms with van der Waals surface area (Å²) in [6.07, 6.45) is 0. The lowest BCUT2D eigenvalue weighted by Crippen LogP contribution is -1.98. The standard InChI is InChI=1S/C60H38N4OS/c65-66(43-31-25-39(26-32-43)61-57-23-11-5-17-49(57)51-37-41(29-35-59(51)61)63-53-19-7-1-13-45(53)46-14-2-8-20-54(46)63)44-33-27-40(28-34-44)62-58-24-12-6-18-50(58)52-38-42(30-36-60(52)62)64-55-21-9-3-15-47(55)48-16-4-10-22-56(48)64/h1-38H. The quantitative estimate of drug-likeness (QED) is 0.164. The zero-order valence-corrected chi connectivity index (χ0v) is 36.4. The molecular weight excluding hydrogens is 825 g/mol. The Kier molecular flexibility index (Phi) is 8.00. The summed E-state index contributed by atoms with van der Waals surface area (Å²) in [6, 6.07) is 81.8. The van der Waals surface area contributed by atoms with Crippen molar-refractivity contribution in [2.45, 2.75) is 9.79 Å². The Morgan fingerprint density at radius 3 is 0.758 bits per heavy atom. The molecule has 0 aliphatic heterocycles. The highest BCUT2D eigenvalue weighted by atomic mass is 32.2. The highest BCUT2D eigenvalue weighted by molar-refractivity contribution is 7.85. The number of aromatic nitrogens is 4. The van der Waals surface area contributed by atoms with Crippen LogP contribution in [0.3, 0.4) is 0 Å². The molecule has 0 N–H and O–H groups in total. The van der Waals surface area contributed by atoms with Crippen molar-refractivity contribution >= 4 is 98.0 Å². The van der Waals surface area contributed by atoms with Crippen molar-refractivity contribution < 1.29 is 4.21 Å². The molecule has 66 heavy (non-hydrogen) atoms. The van der Waals surface area contributed by atoms with Gasteiger partial charge < -0.3 is 18.3 Å². The van der Waals surface area contributed by atoms with Gasteiger partial charge >= 0.3 is 0 Å². The predicted molar refractivity (Wildman–Crippen MR) is 275 cm³/mol. The summed E-state index contributed by atoms with van der Waals surface area (Å²) in [5.41, 5.74) is 13.6. The van der Waals surface area contributed by atoms with Crippen LogP contribution in [-0.4, -0.2) is 22.5 Å². The SMILES string of the molecule is O=S(c1ccc(-n2c3ccccc3c3cc(-n4c5ccccc5c5ccccc54)ccc32)cc1)c1ccc(-n2c3ccccc3c3cc(-n4c5ccccc5c5ccccc54)ccc32)cc1. The van der Waals surface area contributed by atoms with E-state index < -0.39 is 10.8 Å². The van der Waals surface area contributed by atoms with Gasteiger partial charge in [-0.3, -0.25) is 0 Å². The molecule has 0 aliphatic carbocycles. The highest BCUT2D eigenvalue weighted by Crippen LogP contribution is 2.39. The van der Waals surface area contributed by atoms with Gasteiger partial charge in [0.1, 0.15) is 0 Å². The van der Waals surface area contributed by atoms with Gasteiger partial charge in [0.05, 0.1) is 54.9 Å². The van der Waals surface area contributed by atoms with Crippen LogP contribution in [0.15, 0.2) is 240 Å². The molecule has 14 aromatic rings. The molecule has 0 radical (unpaired) electrons. The molecule has 6 heteroatoms. The van der Waals surface area contributed by atoms with Crippen molar-refractivity contribution in [3.63, 3.8) is 0 Å². The van der Waals surface area contributed by atoms with Crippen LogP contribution < -0.4 is 0 Å². The van der Waals surface area contributed by atoms with E-state index in [0.29, 0.717) is 0 Å². The van der Waals surface area contributed by atoms with Gasteiger partial charge in [-0.2, -0.15) is 0 Å². The third kappa shape index (κ3) is 5.36. The third-order valence-electron chi connectivity index (χ3n) is 13.6. The molecule has 4 heterocycles. The van der Waals surface area contributed by atoms with E-state index in [9.17, 15) is 4.21 Å². The number of benzene rings is 10. The fourth-order valence-corrected chi connectivity index (χ4v) is 11.8. The van der Waals surface area contributed by atoms with E-state index in [1.165, 1.54) is 65.2 Å². The van der Waals surface area contributed by atoms with Crippen molar-refractivity contribution in [2.24, 2.45) is 0 Å². The lowest BCUT2D eigenvalue weighted by molar-refractivity contribution is 0.683. The number of fused-ring (bicyclic) bond motifs is 12. The number of nitrogens with zero attached hydrogens (tertiary/aromatic N) is 4. The average molecular weight is 863 g/mol. The zero-order chi connectivity index (χ0) is 43.5. The molecule has 0 saturated heterocycles. The minimum absolute atomic E-state index is 0.760. The molecule has 0 saturated carbocycles. The van der Waals surface area contributed by atoms with Gasteiger partial charge in [-0.1, -0.05) is 109 Å². The molecule has 0 spiro atoms. The second-order valence-corrected chi connectivity index (χ2v) is 18.6. The molecule has 0 bridgehead atoms. The fraction of sp³-hybridized carbons (Fsp3) is 0. The summed E-state index contributed by atoms with van der Waals surface area (Å²) < 4.78 is 23.6. The number of hydrogen-bond donors (Lipinski definition) is 0. The van der Waals surface area contributed by atoms with Crippen molar-refractivity contribution in [1.29, 1.82) is 0 Å². The Morgan fingerprint density at radius 1 is 0.227 bits per heavy atom. The summed E-state index contributed by atoms with van der Waals surface area (Å²) in [7, 11) is -1.38. The van der Waals surface area contributed by atoms with E-state index in [1.807, 2.05) is 24.3 Å². The second-order valence-electron chi connectivity index (χ2n) is 17.1. The zero-order valence-electron chi connectivity index (χ0n) is 35.5. The Hall–Kier alpha value is -8.45. The van der Waals surface area contributed by atoms with E-state index in [4.69, 9.17) is 0 Å². The van der Waals surface area contributed by atoms with Gasteiger partial charge in [0.15, 0.2) is 0 Å². The monoisotopic (exact) mass is 862 g/mol. The van der Waals surface area contributed by atoms with Crippen LogP contribution in [0, 0.1) is 0 Å². The predicted octanol–water partition coefficient (Wildman–Crippen LogP) is 15.2. The molecule has 0 fully saturated rings. The summed E-state index contributed by atoms with van der Waals surface area (Å²) >= 11 is 0. The molecule has 310 valence electrons. The first kappa shape index (κ1) is 37.0. The summed E-state index contributed by atoms with van der Waals surface area (Å²) in [6.45, 7) is 0. The van der Waals surface area contributed by atoms with E-state index in [0.717, 1.165) is 54.6 Å². The summed E-state index contributed by atoms with van der Waals surface area (Å²) in [5.74, 6) is 0. The first-order valence-electron chi connectivity index (χ1n) is 22.3. The molecule has 0 amide bonds. The fourth-order valence-electron chi connectivity index (χ4n) is 10.7. The average Bonchev–Trinajstić information content (AvgIpc) is 4.11. The summed E-state index contributed by atoms with van der Waals surface area (Å²) in [5, 5.41) is 9.74. The van der Waals surface area contributed by atoms with Gasteiger partial charge in [-0.15, -0.1) is 0 Å². The summed E-state index contributed by atoms with van der Waals surface area (Å²) in [4.78, 5) is 1.52. The Labute approximate surface area is 381 Å². The minimum Gasteiger partial charge on any atom is -0.309 e. The van der Waals surface area contributed by atoms with E-state index in [1.54, 1.807) is 0 Å². The van der Waals surface area contributed by atoms with Gasteiger partial charge in [0.25, 0.3) is 0 Å². The van der Waals surface area contributed by atoms with Crippen molar-refractivity contribution in [1.82, 2.24) is 18.3 Å². The minimum atomic E-state index is -1.38. The molecular formula is C60H38N4OS. The van der Waals surface area contributed by atoms with Gasteiger partial charge in [0.2, 0.25) is 0 Å². The third-order valence-corrected chi connectivity index (χ3v) is 15.0. The molecule has 0 atom stereocenters. The number of para-hydroxylation sites is 6. The Bertz CT molecular complexity index is 3920. The van der Waals surface area contributed by atoms with Crippen LogP contribution in [0.5, 0.6) is 0 Å². The van der Waals surface area contributed by atoms with Gasteiger partial charge in [0, 0.05) is 75.6 Å². The number of rotatable bonds is 6. The van der Waals surface area contributed by atoms with Crippen molar-refractivity contribution in [3.8, 4) is 22.7 Å². The highest BCUT2D eigenvalue weighted by Gasteiger charge is 2.19. The van der Waals surface area contributed by atoms with Gasteiger partial charge in [-0.25, -0.2) is 4.21 Å². The maximum absolute atomic E-state index is 14.3. The smallest absolute Gasteiger partial charge is 0.0849 e. The van der Waals surface area contributed by atoms with Crippen LogP contribution in [0.4, 0.5) is 0 Å². The largest absolute Gasteiger partial charge is 0.309 e. The lowest BCUT2D eigenvalue weighted by atomic mass is 10.1. The molecule has 5 nitrogen and oxygen atoms in total. The molecule has 4 aromatic heterocycles. The van der Waals surface area contributed by atoms with Crippen molar-refractivity contribution in [3.05, 3.63) is 231 Å². The first-order chi connectivity index (χ1) is 32.7. The second kappa shape index (κ2) is 14.3. The van der Waals surface area contributed by atoms with E-state index in [-0.39, 0.29) is 0 Å². The number of hydrogen-bond acceptors (Lipinski definition) is 1. The molecule has 14 rings (SSSR count). The van der Waals surface area contributed by atoms with Crippen molar-refractivity contribution in [2.75, 3.05) is 0 Å². The first-order valence-corrected chi connectivity index (χ1v) is 23.5. The normalized spacial score (nSPS) is 12.1.